The van der Waals surface area contributed by atoms with E-state index in [9.17, 15) is 4.79 Å². The zero-order valence-corrected chi connectivity index (χ0v) is 16.0. The molecule has 2 aromatic rings. The number of carbonyl (C=O) groups excluding carboxylic acids is 1. The maximum absolute atomic E-state index is 12.1. The van der Waals surface area contributed by atoms with Gasteiger partial charge in [-0.05, 0) is 30.0 Å². The first-order valence-electron chi connectivity index (χ1n) is 8.90. The van der Waals surface area contributed by atoms with Crippen LogP contribution < -0.4 is 15.1 Å². The van der Waals surface area contributed by atoms with E-state index in [2.05, 4.69) is 35.0 Å². The van der Waals surface area contributed by atoms with Gasteiger partial charge in [0.2, 0.25) is 0 Å². The fraction of sp³-hybridized carbons (Fsp3) is 0.421. The van der Waals surface area contributed by atoms with Crippen molar-refractivity contribution >= 4 is 28.8 Å². The van der Waals surface area contributed by atoms with Crippen LogP contribution in [0.25, 0.3) is 0 Å². The molecule has 6 heteroatoms. The van der Waals surface area contributed by atoms with Crippen molar-refractivity contribution in [3.63, 3.8) is 0 Å². The lowest BCUT2D eigenvalue weighted by Crippen LogP contribution is -3.28. The van der Waals surface area contributed by atoms with Gasteiger partial charge in [0, 0.05) is 22.0 Å². The molecule has 0 spiro atoms. The van der Waals surface area contributed by atoms with Gasteiger partial charge >= 0.3 is 0 Å². The van der Waals surface area contributed by atoms with Gasteiger partial charge in [-0.1, -0.05) is 29.8 Å². The van der Waals surface area contributed by atoms with E-state index < -0.39 is 0 Å². The van der Waals surface area contributed by atoms with Crippen LogP contribution in [0.3, 0.4) is 0 Å². The molecule has 0 saturated carbocycles. The summed E-state index contributed by atoms with van der Waals surface area (Å²) in [5.41, 5.74) is 1.29. The fourth-order valence-electron chi connectivity index (χ4n) is 3.32. The van der Waals surface area contributed by atoms with Crippen LogP contribution >= 0.6 is 22.9 Å². The number of benzene rings is 1. The van der Waals surface area contributed by atoms with Gasteiger partial charge in [-0.2, -0.15) is 0 Å². The van der Waals surface area contributed by atoms with Gasteiger partial charge in [0.15, 0.2) is 6.54 Å². The number of hydrogen-bond donors (Lipinski definition) is 3. The Morgan fingerprint density at radius 3 is 2.64 bits per heavy atom. The minimum atomic E-state index is 0.171. The molecule has 25 heavy (non-hydrogen) atoms. The van der Waals surface area contributed by atoms with Crippen LogP contribution in [0.1, 0.15) is 10.4 Å². The highest BCUT2D eigenvalue weighted by atomic mass is 35.5. The Bertz CT molecular complexity index is 669. The smallest absolute Gasteiger partial charge is 0.275 e. The standard InChI is InChI=1S/C19H24ClN3OS/c20-17-4-1-3-16(13-17)14-22-8-10-23(11-9-22)15-19(24)21-7-6-18-5-2-12-25-18/h1-5,12-13H,6-11,14-15H2,(H,21,24)/p+2. The number of nitrogens with one attached hydrogen (secondary N) is 3. The molecule has 1 aromatic carbocycles. The monoisotopic (exact) mass is 379 g/mol. The Kier molecular flexibility index (Phi) is 6.87. The normalized spacial score (nSPS) is 20.4. The summed E-state index contributed by atoms with van der Waals surface area (Å²) < 4.78 is 0. The third-order valence-electron chi connectivity index (χ3n) is 4.69. The number of carbonyl (C=O) groups is 1. The third-order valence-corrected chi connectivity index (χ3v) is 5.86. The minimum absolute atomic E-state index is 0.171. The SMILES string of the molecule is O=C(C[NH+]1CC[NH+](Cc2cccc(Cl)c2)CC1)NCCc1cccs1. The van der Waals surface area contributed by atoms with Crippen LogP contribution in [-0.4, -0.2) is 45.2 Å². The summed E-state index contributed by atoms with van der Waals surface area (Å²) in [4.78, 5) is 16.4. The number of piperazine rings is 1. The molecule has 3 rings (SSSR count). The highest BCUT2D eigenvalue weighted by Gasteiger charge is 2.24. The quantitative estimate of drug-likeness (QED) is 0.624. The Morgan fingerprint density at radius 2 is 1.92 bits per heavy atom. The van der Waals surface area contributed by atoms with E-state index >= 15 is 0 Å². The second-order valence-electron chi connectivity index (χ2n) is 6.66. The lowest BCUT2D eigenvalue weighted by Gasteiger charge is -2.29. The summed E-state index contributed by atoms with van der Waals surface area (Å²) in [6.07, 6.45) is 0.927. The van der Waals surface area contributed by atoms with E-state index in [1.165, 1.54) is 15.3 Å². The van der Waals surface area contributed by atoms with Crippen molar-refractivity contribution in [1.82, 2.24) is 5.32 Å². The van der Waals surface area contributed by atoms with Crippen LogP contribution in [0.2, 0.25) is 5.02 Å². The zero-order valence-electron chi connectivity index (χ0n) is 14.4. The van der Waals surface area contributed by atoms with Crippen LogP contribution in [-0.2, 0) is 17.8 Å². The van der Waals surface area contributed by atoms with Gasteiger partial charge in [0.1, 0.15) is 32.7 Å². The van der Waals surface area contributed by atoms with Gasteiger partial charge in [0.25, 0.3) is 5.91 Å². The molecular weight excluding hydrogens is 354 g/mol. The lowest BCUT2D eigenvalue weighted by atomic mass is 10.2. The second kappa shape index (κ2) is 9.34. The highest BCUT2D eigenvalue weighted by molar-refractivity contribution is 7.09. The van der Waals surface area contributed by atoms with Crippen molar-refractivity contribution in [2.45, 2.75) is 13.0 Å². The summed E-state index contributed by atoms with van der Waals surface area (Å²) in [7, 11) is 0. The molecule has 0 aliphatic carbocycles. The van der Waals surface area contributed by atoms with Crippen molar-refractivity contribution < 1.29 is 14.6 Å². The first-order chi connectivity index (χ1) is 12.2. The molecular formula is C19H26ClN3OS+2. The largest absolute Gasteiger partial charge is 0.351 e. The van der Waals surface area contributed by atoms with Crippen molar-refractivity contribution in [1.29, 1.82) is 0 Å². The molecule has 2 heterocycles. The molecule has 0 atom stereocenters. The van der Waals surface area contributed by atoms with E-state index in [4.69, 9.17) is 11.6 Å². The Morgan fingerprint density at radius 1 is 1.12 bits per heavy atom. The molecule has 1 saturated heterocycles. The molecule has 1 fully saturated rings. The topological polar surface area (TPSA) is 38.0 Å². The van der Waals surface area contributed by atoms with Crippen molar-refractivity contribution in [3.8, 4) is 0 Å². The van der Waals surface area contributed by atoms with Crippen LogP contribution in [0.4, 0.5) is 0 Å². The van der Waals surface area contributed by atoms with Gasteiger partial charge in [-0.3, -0.25) is 4.79 Å². The average Bonchev–Trinajstić information content (AvgIpc) is 3.10. The summed E-state index contributed by atoms with van der Waals surface area (Å²) in [6, 6.07) is 12.3. The predicted octanol–water partition coefficient (Wildman–Crippen LogP) is 0.0438. The van der Waals surface area contributed by atoms with Gasteiger partial charge in [-0.15, -0.1) is 11.3 Å². The number of rotatable bonds is 7. The number of hydrogen-bond acceptors (Lipinski definition) is 2. The Labute approximate surface area is 158 Å². The van der Waals surface area contributed by atoms with Crippen molar-refractivity contribution in [3.05, 3.63) is 57.2 Å². The second-order valence-corrected chi connectivity index (χ2v) is 8.13. The van der Waals surface area contributed by atoms with Gasteiger partial charge < -0.3 is 15.1 Å². The minimum Gasteiger partial charge on any atom is -0.351 e. The molecule has 0 unspecified atom stereocenters. The molecule has 1 aliphatic heterocycles. The molecule has 0 radical (unpaired) electrons. The first-order valence-corrected chi connectivity index (χ1v) is 10.2. The van der Waals surface area contributed by atoms with Crippen molar-refractivity contribution in [2.24, 2.45) is 0 Å². The van der Waals surface area contributed by atoms with E-state index in [-0.39, 0.29) is 5.91 Å². The number of amides is 1. The van der Waals surface area contributed by atoms with E-state index in [1.54, 1.807) is 16.2 Å². The van der Waals surface area contributed by atoms with Gasteiger partial charge in [-0.25, -0.2) is 0 Å². The molecule has 1 aromatic heterocycles. The molecule has 3 N–H and O–H groups in total. The highest BCUT2D eigenvalue weighted by Crippen LogP contribution is 2.09. The maximum atomic E-state index is 12.1. The summed E-state index contributed by atoms with van der Waals surface area (Å²) in [6.45, 7) is 6.64. The van der Waals surface area contributed by atoms with Crippen molar-refractivity contribution in [2.75, 3.05) is 39.3 Å². The van der Waals surface area contributed by atoms with Crippen LogP contribution in [0, 0.1) is 0 Å². The van der Waals surface area contributed by atoms with E-state index in [1.807, 2.05) is 12.1 Å². The third kappa shape index (κ3) is 6.12. The summed E-state index contributed by atoms with van der Waals surface area (Å²) >= 11 is 7.80. The molecule has 1 amide bonds. The van der Waals surface area contributed by atoms with E-state index in [0.717, 1.165) is 50.7 Å². The molecule has 0 bridgehead atoms. The Balaban J connectivity index is 1.33. The number of quaternary nitrogens is 2. The Hall–Kier alpha value is -1.40. The average molecular weight is 380 g/mol. The summed E-state index contributed by atoms with van der Waals surface area (Å²) in [5.74, 6) is 0.171. The number of thiophene rings is 1. The van der Waals surface area contributed by atoms with Crippen LogP contribution in [0.15, 0.2) is 41.8 Å². The fourth-order valence-corrected chi connectivity index (χ4v) is 4.24. The van der Waals surface area contributed by atoms with Crippen LogP contribution in [0.5, 0.6) is 0 Å². The molecule has 4 nitrogen and oxygen atoms in total. The first kappa shape index (κ1) is 18.4. The summed E-state index contributed by atoms with van der Waals surface area (Å²) in [5, 5.41) is 5.93. The lowest BCUT2D eigenvalue weighted by molar-refractivity contribution is -1.02. The zero-order chi connectivity index (χ0) is 17.5. The molecule has 134 valence electrons. The maximum Gasteiger partial charge on any atom is 0.275 e. The van der Waals surface area contributed by atoms with E-state index in [0.29, 0.717) is 6.54 Å². The predicted molar refractivity (Wildman–Crippen MR) is 102 cm³/mol. The number of halogens is 1. The van der Waals surface area contributed by atoms with Gasteiger partial charge in [0.05, 0.1) is 0 Å². The molecule has 1 aliphatic rings.